The average Bonchev–Trinajstić information content (AvgIpc) is 2.36. The van der Waals surface area contributed by atoms with Gasteiger partial charge in [0.2, 0.25) is 0 Å². The van der Waals surface area contributed by atoms with Gasteiger partial charge in [0.25, 0.3) is 5.91 Å². The summed E-state index contributed by atoms with van der Waals surface area (Å²) >= 11 is 5.69. The molecule has 1 aromatic heterocycles. The number of carboxylic acids is 1. The fourth-order valence-corrected chi connectivity index (χ4v) is 1.96. The summed E-state index contributed by atoms with van der Waals surface area (Å²) in [5.41, 5.74) is 0.442. The molecule has 21 heavy (non-hydrogen) atoms. The van der Waals surface area contributed by atoms with E-state index in [-0.39, 0.29) is 27.7 Å². The van der Waals surface area contributed by atoms with Crippen LogP contribution in [0.25, 0.3) is 0 Å². The number of aryl methyl sites for hydroxylation is 1. The van der Waals surface area contributed by atoms with E-state index in [4.69, 9.17) is 16.7 Å². The van der Waals surface area contributed by atoms with Gasteiger partial charge in [-0.2, -0.15) is 0 Å². The lowest BCUT2D eigenvalue weighted by Gasteiger charge is -2.07. The van der Waals surface area contributed by atoms with Crippen LogP contribution in [-0.2, 0) is 0 Å². The lowest BCUT2D eigenvalue weighted by Crippen LogP contribution is -2.15. The number of carboxylic acid groups (broad SMARTS) is 1. The number of aromatic nitrogens is 1. The van der Waals surface area contributed by atoms with Crippen LogP contribution in [0.2, 0.25) is 5.02 Å². The maximum absolute atomic E-state index is 13.2. The molecular weight excluding hydrogens is 299 g/mol. The molecule has 1 amide bonds. The van der Waals surface area contributed by atoms with E-state index in [1.165, 1.54) is 25.1 Å². The maximum atomic E-state index is 13.2. The fourth-order valence-electron chi connectivity index (χ4n) is 1.73. The number of nitrogens with zero attached hydrogens (tertiary/aromatic N) is 1. The highest BCUT2D eigenvalue weighted by molar-refractivity contribution is 6.31. The third-order valence-corrected chi connectivity index (χ3v) is 2.89. The van der Waals surface area contributed by atoms with Crippen LogP contribution in [0, 0.1) is 12.7 Å². The minimum absolute atomic E-state index is 0.0142. The van der Waals surface area contributed by atoms with Crippen molar-refractivity contribution in [2.75, 3.05) is 5.32 Å². The molecule has 0 bridgehead atoms. The monoisotopic (exact) mass is 308 g/mol. The van der Waals surface area contributed by atoms with E-state index in [9.17, 15) is 14.0 Å². The topological polar surface area (TPSA) is 79.3 Å². The molecule has 108 valence electrons. The summed E-state index contributed by atoms with van der Waals surface area (Å²) in [7, 11) is 0. The summed E-state index contributed by atoms with van der Waals surface area (Å²) in [4.78, 5) is 26.8. The van der Waals surface area contributed by atoms with Crippen LogP contribution in [0.3, 0.4) is 0 Å². The lowest BCUT2D eigenvalue weighted by atomic mass is 10.2. The highest BCUT2D eigenvalue weighted by Crippen LogP contribution is 2.18. The lowest BCUT2D eigenvalue weighted by molar-refractivity contribution is 0.0695. The number of anilines is 1. The number of rotatable bonds is 3. The molecular formula is C14H10ClFN2O3. The zero-order valence-electron chi connectivity index (χ0n) is 10.9. The van der Waals surface area contributed by atoms with Crippen molar-refractivity contribution in [1.29, 1.82) is 0 Å². The second-order valence-corrected chi connectivity index (χ2v) is 4.68. The molecule has 0 radical (unpaired) electrons. The van der Waals surface area contributed by atoms with Gasteiger partial charge in [0.1, 0.15) is 11.5 Å². The second-order valence-electron chi connectivity index (χ2n) is 4.25. The molecule has 0 unspecified atom stereocenters. The zero-order chi connectivity index (χ0) is 15.6. The standard InChI is InChI=1S/C14H10ClFN2O3/c1-7-11(14(20)21)2-3-12(17-7)13(19)18-10-5-8(15)4-9(16)6-10/h2-6H,1H3,(H,18,19)(H,20,21). The second kappa shape index (κ2) is 5.88. The van der Waals surface area contributed by atoms with E-state index < -0.39 is 17.7 Å². The van der Waals surface area contributed by atoms with Crippen molar-refractivity contribution in [3.05, 3.63) is 58.1 Å². The molecule has 0 saturated carbocycles. The molecule has 2 aromatic rings. The summed E-state index contributed by atoms with van der Waals surface area (Å²) in [5.74, 6) is -2.29. The van der Waals surface area contributed by atoms with Gasteiger partial charge in [-0.15, -0.1) is 0 Å². The van der Waals surface area contributed by atoms with Gasteiger partial charge in [0.15, 0.2) is 0 Å². The van der Waals surface area contributed by atoms with Crippen LogP contribution in [0.1, 0.15) is 26.5 Å². The Morgan fingerprint density at radius 2 is 2.00 bits per heavy atom. The Balaban J connectivity index is 2.24. The highest BCUT2D eigenvalue weighted by atomic mass is 35.5. The quantitative estimate of drug-likeness (QED) is 0.913. The molecule has 1 aromatic carbocycles. The Bertz CT molecular complexity index is 714. The molecule has 0 atom stereocenters. The third kappa shape index (κ3) is 3.55. The van der Waals surface area contributed by atoms with Crippen molar-refractivity contribution < 1.29 is 19.1 Å². The van der Waals surface area contributed by atoms with Crippen molar-refractivity contribution in [3.8, 4) is 0 Å². The number of aromatic carboxylic acids is 1. The summed E-state index contributed by atoms with van der Waals surface area (Å²) in [6.07, 6.45) is 0. The summed E-state index contributed by atoms with van der Waals surface area (Å²) in [6.45, 7) is 1.49. The minimum Gasteiger partial charge on any atom is -0.478 e. The van der Waals surface area contributed by atoms with Crippen LogP contribution in [-0.4, -0.2) is 22.0 Å². The minimum atomic E-state index is -1.12. The molecule has 5 nitrogen and oxygen atoms in total. The first-order valence-electron chi connectivity index (χ1n) is 5.85. The van der Waals surface area contributed by atoms with Gasteiger partial charge < -0.3 is 10.4 Å². The SMILES string of the molecule is Cc1nc(C(=O)Nc2cc(F)cc(Cl)c2)ccc1C(=O)O. The van der Waals surface area contributed by atoms with Crippen molar-refractivity contribution >= 4 is 29.2 Å². The Morgan fingerprint density at radius 1 is 1.29 bits per heavy atom. The number of carbonyl (C=O) groups excluding carboxylic acids is 1. The predicted molar refractivity (Wildman–Crippen MR) is 75.3 cm³/mol. The van der Waals surface area contributed by atoms with Crippen LogP contribution < -0.4 is 5.32 Å². The van der Waals surface area contributed by atoms with Crippen LogP contribution in [0.15, 0.2) is 30.3 Å². The first kappa shape index (κ1) is 14.9. The molecule has 0 aliphatic carbocycles. The first-order chi connectivity index (χ1) is 9.86. The molecule has 2 rings (SSSR count). The van der Waals surface area contributed by atoms with Gasteiger partial charge >= 0.3 is 5.97 Å². The average molecular weight is 309 g/mol. The molecule has 1 heterocycles. The van der Waals surface area contributed by atoms with E-state index in [1.54, 1.807) is 0 Å². The number of benzene rings is 1. The number of pyridine rings is 1. The van der Waals surface area contributed by atoms with Gasteiger partial charge in [-0.25, -0.2) is 14.2 Å². The van der Waals surface area contributed by atoms with Gasteiger partial charge in [0, 0.05) is 10.7 Å². The van der Waals surface area contributed by atoms with Crippen LogP contribution in [0.5, 0.6) is 0 Å². The van der Waals surface area contributed by atoms with E-state index in [0.29, 0.717) is 0 Å². The first-order valence-corrected chi connectivity index (χ1v) is 6.23. The molecule has 0 aliphatic rings. The van der Waals surface area contributed by atoms with Gasteiger partial charge in [-0.1, -0.05) is 11.6 Å². The molecule has 0 spiro atoms. The number of hydrogen-bond donors (Lipinski definition) is 2. The molecule has 0 aliphatic heterocycles. The Morgan fingerprint density at radius 3 is 2.57 bits per heavy atom. The van der Waals surface area contributed by atoms with Gasteiger partial charge in [-0.3, -0.25) is 4.79 Å². The number of nitrogens with one attached hydrogen (secondary N) is 1. The molecule has 7 heteroatoms. The number of hydrogen-bond acceptors (Lipinski definition) is 3. The van der Waals surface area contributed by atoms with Crippen molar-refractivity contribution in [2.24, 2.45) is 0 Å². The Labute approximate surface area is 124 Å². The number of amides is 1. The summed E-state index contributed by atoms with van der Waals surface area (Å²) < 4.78 is 13.2. The largest absolute Gasteiger partial charge is 0.478 e. The van der Waals surface area contributed by atoms with E-state index in [0.717, 1.165) is 12.1 Å². The van der Waals surface area contributed by atoms with E-state index >= 15 is 0 Å². The van der Waals surface area contributed by atoms with Gasteiger partial charge in [-0.05, 0) is 37.3 Å². The van der Waals surface area contributed by atoms with E-state index in [2.05, 4.69) is 10.3 Å². The van der Waals surface area contributed by atoms with Crippen LogP contribution in [0.4, 0.5) is 10.1 Å². The summed E-state index contributed by atoms with van der Waals surface area (Å²) in [5, 5.41) is 11.5. The van der Waals surface area contributed by atoms with Crippen molar-refractivity contribution in [3.63, 3.8) is 0 Å². The number of halogens is 2. The number of carbonyl (C=O) groups is 2. The van der Waals surface area contributed by atoms with E-state index in [1.807, 2.05) is 0 Å². The van der Waals surface area contributed by atoms with Crippen molar-refractivity contribution in [1.82, 2.24) is 4.98 Å². The van der Waals surface area contributed by atoms with Crippen LogP contribution >= 0.6 is 11.6 Å². The maximum Gasteiger partial charge on any atom is 0.337 e. The molecule has 0 fully saturated rings. The van der Waals surface area contributed by atoms with Gasteiger partial charge in [0.05, 0.1) is 11.3 Å². The highest BCUT2D eigenvalue weighted by Gasteiger charge is 2.13. The third-order valence-electron chi connectivity index (χ3n) is 2.67. The predicted octanol–water partition coefficient (Wildman–Crippen LogP) is 3.13. The zero-order valence-corrected chi connectivity index (χ0v) is 11.6. The normalized spacial score (nSPS) is 10.2. The Hall–Kier alpha value is -2.47. The summed E-state index contributed by atoms with van der Waals surface area (Å²) in [6, 6.07) is 6.19. The molecule has 0 saturated heterocycles. The Kier molecular flexibility index (Phi) is 4.18. The van der Waals surface area contributed by atoms with Crippen molar-refractivity contribution in [2.45, 2.75) is 6.92 Å². The smallest absolute Gasteiger partial charge is 0.337 e. The fraction of sp³-hybridized carbons (Fsp3) is 0.0714. The molecule has 2 N–H and O–H groups in total.